The van der Waals surface area contributed by atoms with E-state index in [1.165, 1.54) is 0 Å². The van der Waals surface area contributed by atoms with Gasteiger partial charge in [-0.05, 0) is 38.5 Å². The SMILES string of the molecule is CC(C(=O)N(Cc1ccccc1)CC(C)(C)O)c1cc2ccccc2o1. The number of para-hydroxylation sites is 1. The fourth-order valence-corrected chi connectivity index (χ4v) is 3.09. The Morgan fingerprint density at radius 1 is 1.12 bits per heavy atom. The van der Waals surface area contributed by atoms with Crippen LogP contribution in [-0.2, 0) is 11.3 Å². The standard InChI is InChI=1S/C22H25NO3/c1-16(20-13-18-11-7-8-12-19(18)26-20)21(24)23(15-22(2,3)25)14-17-9-5-4-6-10-17/h4-13,16,25H,14-15H2,1-3H3. The molecule has 136 valence electrons. The fraction of sp³-hybridized carbons (Fsp3) is 0.318. The van der Waals surface area contributed by atoms with Crippen molar-refractivity contribution in [1.82, 2.24) is 4.90 Å². The second-order valence-corrected chi connectivity index (χ2v) is 7.40. The summed E-state index contributed by atoms with van der Waals surface area (Å²) in [7, 11) is 0. The molecule has 1 atom stereocenters. The van der Waals surface area contributed by atoms with Crippen molar-refractivity contribution in [1.29, 1.82) is 0 Å². The van der Waals surface area contributed by atoms with Crippen LogP contribution in [0.5, 0.6) is 0 Å². The van der Waals surface area contributed by atoms with E-state index in [-0.39, 0.29) is 12.5 Å². The number of nitrogens with zero attached hydrogens (tertiary/aromatic N) is 1. The summed E-state index contributed by atoms with van der Waals surface area (Å²) >= 11 is 0. The Bertz CT molecular complexity index is 844. The van der Waals surface area contributed by atoms with Gasteiger partial charge < -0.3 is 14.4 Å². The van der Waals surface area contributed by atoms with Gasteiger partial charge in [-0.3, -0.25) is 4.79 Å². The molecule has 1 amide bonds. The quantitative estimate of drug-likeness (QED) is 0.719. The topological polar surface area (TPSA) is 53.7 Å². The summed E-state index contributed by atoms with van der Waals surface area (Å²) in [5.74, 6) is 0.161. The van der Waals surface area contributed by atoms with Crippen molar-refractivity contribution < 1.29 is 14.3 Å². The van der Waals surface area contributed by atoms with Gasteiger partial charge in [0.2, 0.25) is 5.91 Å². The third kappa shape index (κ3) is 4.33. The van der Waals surface area contributed by atoms with E-state index in [0.717, 1.165) is 16.5 Å². The van der Waals surface area contributed by atoms with E-state index in [0.29, 0.717) is 12.3 Å². The normalized spacial score (nSPS) is 12.9. The smallest absolute Gasteiger partial charge is 0.233 e. The highest BCUT2D eigenvalue weighted by atomic mass is 16.3. The lowest BCUT2D eigenvalue weighted by molar-refractivity contribution is -0.136. The van der Waals surface area contributed by atoms with Crippen LogP contribution in [-0.4, -0.2) is 28.1 Å². The molecule has 0 bridgehead atoms. The number of hydrogen-bond acceptors (Lipinski definition) is 3. The van der Waals surface area contributed by atoms with E-state index < -0.39 is 11.5 Å². The molecule has 1 unspecified atom stereocenters. The van der Waals surface area contributed by atoms with Crippen molar-refractivity contribution in [3.63, 3.8) is 0 Å². The van der Waals surface area contributed by atoms with Crippen LogP contribution in [0, 0.1) is 0 Å². The van der Waals surface area contributed by atoms with Crippen LogP contribution >= 0.6 is 0 Å². The second-order valence-electron chi connectivity index (χ2n) is 7.40. The van der Waals surface area contributed by atoms with E-state index in [9.17, 15) is 9.90 Å². The van der Waals surface area contributed by atoms with Crippen molar-refractivity contribution >= 4 is 16.9 Å². The number of furan rings is 1. The molecule has 0 aliphatic heterocycles. The summed E-state index contributed by atoms with van der Waals surface area (Å²) in [5.41, 5.74) is 0.832. The maximum atomic E-state index is 13.2. The second kappa shape index (κ2) is 7.34. The van der Waals surface area contributed by atoms with Gasteiger partial charge in [0.25, 0.3) is 0 Å². The zero-order valence-electron chi connectivity index (χ0n) is 15.5. The van der Waals surface area contributed by atoms with Gasteiger partial charge in [-0.2, -0.15) is 0 Å². The average Bonchev–Trinajstić information content (AvgIpc) is 3.04. The first-order chi connectivity index (χ1) is 12.3. The summed E-state index contributed by atoms with van der Waals surface area (Å²) in [6.45, 7) is 5.98. The molecule has 4 nitrogen and oxygen atoms in total. The molecule has 0 saturated heterocycles. The molecule has 3 aromatic rings. The first kappa shape index (κ1) is 18.2. The van der Waals surface area contributed by atoms with Gasteiger partial charge in [0.1, 0.15) is 11.3 Å². The molecule has 0 aliphatic carbocycles. The lowest BCUT2D eigenvalue weighted by Gasteiger charge is -2.31. The van der Waals surface area contributed by atoms with E-state index in [2.05, 4.69) is 0 Å². The highest BCUT2D eigenvalue weighted by Crippen LogP contribution is 2.27. The highest BCUT2D eigenvalue weighted by Gasteiger charge is 2.28. The van der Waals surface area contributed by atoms with Crippen LogP contribution in [0.4, 0.5) is 0 Å². The predicted octanol–water partition coefficient (Wildman–Crippen LogP) is 4.34. The van der Waals surface area contributed by atoms with Gasteiger partial charge in [0.15, 0.2) is 0 Å². The summed E-state index contributed by atoms with van der Waals surface area (Å²) in [6, 6.07) is 19.5. The van der Waals surface area contributed by atoms with Crippen molar-refractivity contribution in [3.8, 4) is 0 Å². The molecule has 0 aliphatic rings. The van der Waals surface area contributed by atoms with Gasteiger partial charge in [-0.1, -0.05) is 48.5 Å². The van der Waals surface area contributed by atoms with E-state index in [4.69, 9.17) is 4.42 Å². The Balaban J connectivity index is 1.85. The number of carbonyl (C=O) groups excluding carboxylic acids is 1. The van der Waals surface area contributed by atoms with Gasteiger partial charge >= 0.3 is 0 Å². The third-order valence-corrected chi connectivity index (χ3v) is 4.35. The minimum absolute atomic E-state index is 0.0602. The van der Waals surface area contributed by atoms with Crippen LogP contribution in [0.25, 0.3) is 11.0 Å². The number of aliphatic hydroxyl groups is 1. The van der Waals surface area contributed by atoms with Gasteiger partial charge in [-0.25, -0.2) is 0 Å². The number of fused-ring (bicyclic) bond motifs is 1. The molecule has 1 aromatic heterocycles. The van der Waals surface area contributed by atoms with Gasteiger partial charge in [0.05, 0.1) is 11.5 Å². The molecular formula is C22H25NO3. The molecular weight excluding hydrogens is 326 g/mol. The molecule has 1 heterocycles. The van der Waals surface area contributed by atoms with E-state index in [1.54, 1.807) is 18.7 Å². The predicted molar refractivity (Wildman–Crippen MR) is 103 cm³/mol. The monoisotopic (exact) mass is 351 g/mol. The maximum absolute atomic E-state index is 13.2. The molecule has 4 heteroatoms. The van der Waals surface area contributed by atoms with Crippen LogP contribution in [0.2, 0.25) is 0 Å². The minimum Gasteiger partial charge on any atom is -0.460 e. The Morgan fingerprint density at radius 3 is 2.42 bits per heavy atom. The molecule has 3 rings (SSSR count). The Kier molecular flexibility index (Phi) is 5.14. The third-order valence-electron chi connectivity index (χ3n) is 4.35. The molecule has 0 radical (unpaired) electrons. The Labute approximate surface area is 154 Å². The Morgan fingerprint density at radius 2 is 1.77 bits per heavy atom. The van der Waals surface area contributed by atoms with Crippen LogP contribution in [0.3, 0.4) is 0 Å². The summed E-state index contributed by atoms with van der Waals surface area (Å²) < 4.78 is 5.87. The lowest BCUT2D eigenvalue weighted by Crippen LogP contribution is -2.43. The lowest BCUT2D eigenvalue weighted by atomic mass is 10.0. The number of amides is 1. The minimum atomic E-state index is -0.974. The van der Waals surface area contributed by atoms with Crippen LogP contribution in [0.15, 0.2) is 65.1 Å². The van der Waals surface area contributed by atoms with Crippen molar-refractivity contribution in [2.24, 2.45) is 0 Å². The highest BCUT2D eigenvalue weighted by molar-refractivity contribution is 5.85. The van der Waals surface area contributed by atoms with Crippen LogP contribution < -0.4 is 0 Å². The molecule has 0 fully saturated rings. The summed E-state index contributed by atoms with van der Waals surface area (Å²) in [6.07, 6.45) is 0. The number of hydrogen-bond donors (Lipinski definition) is 1. The van der Waals surface area contributed by atoms with Gasteiger partial charge in [0, 0.05) is 18.5 Å². The first-order valence-corrected chi connectivity index (χ1v) is 8.87. The van der Waals surface area contributed by atoms with Crippen LogP contribution in [0.1, 0.15) is 38.0 Å². The summed E-state index contributed by atoms with van der Waals surface area (Å²) in [5, 5.41) is 11.2. The van der Waals surface area contributed by atoms with Gasteiger partial charge in [-0.15, -0.1) is 0 Å². The summed E-state index contributed by atoms with van der Waals surface area (Å²) in [4.78, 5) is 14.9. The van der Waals surface area contributed by atoms with Crippen molar-refractivity contribution in [2.75, 3.05) is 6.54 Å². The molecule has 26 heavy (non-hydrogen) atoms. The fourth-order valence-electron chi connectivity index (χ4n) is 3.09. The zero-order chi connectivity index (χ0) is 18.7. The zero-order valence-corrected chi connectivity index (χ0v) is 15.5. The number of benzene rings is 2. The average molecular weight is 351 g/mol. The van der Waals surface area contributed by atoms with E-state index in [1.807, 2.05) is 67.6 Å². The first-order valence-electron chi connectivity index (χ1n) is 8.87. The molecule has 2 aromatic carbocycles. The maximum Gasteiger partial charge on any atom is 0.233 e. The number of carbonyl (C=O) groups is 1. The van der Waals surface area contributed by atoms with E-state index >= 15 is 0 Å². The molecule has 0 spiro atoms. The Hall–Kier alpha value is -2.59. The number of rotatable bonds is 6. The largest absolute Gasteiger partial charge is 0.460 e. The van der Waals surface area contributed by atoms with Crippen molar-refractivity contribution in [2.45, 2.75) is 38.8 Å². The molecule has 1 N–H and O–H groups in total. The molecule has 0 saturated carbocycles. The van der Waals surface area contributed by atoms with Crippen molar-refractivity contribution in [3.05, 3.63) is 72.0 Å².